The third kappa shape index (κ3) is 7.87. The molecule has 10 nitrogen and oxygen atoms in total. The summed E-state index contributed by atoms with van der Waals surface area (Å²) in [7, 11) is 7.49. The molecule has 224 valence electrons. The van der Waals surface area contributed by atoms with E-state index in [-0.39, 0.29) is 23.5 Å². The van der Waals surface area contributed by atoms with E-state index in [0.717, 1.165) is 29.8 Å². The Morgan fingerprint density at radius 3 is 2.63 bits per heavy atom. The molecular weight excluding hydrogens is 547 g/mol. The fourth-order valence-electron chi connectivity index (χ4n) is 4.68. The number of allylic oxidation sites excluding steroid dienone is 2. The van der Waals surface area contributed by atoms with Crippen molar-refractivity contribution in [2.45, 2.75) is 19.3 Å². The first-order valence-electron chi connectivity index (χ1n) is 14.0. The number of aromatic nitrogens is 2. The molecule has 0 radical (unpaired) electrons. The summed E-state index contributed by atoms with van der Waals surface area (Å²) in [5.41, 5.74) is 3.83. The highest BCUT2D eigenvalue weighted by atomic mass is 19.1. The van der Waals surface area contributed by atoms with E-state index in [9.17, 15) is 14.4 Å². The molecule has 1 aromatic heterocycles. The van der Waals surface area contributed by atoms with Gasteiger partial charge in [0.25, 0.3) is 0 Å². The zero-order valence-corrected chi connectivity index (χ0v) is 24.9. The second-order valence-electron chi connectivity index (χ2n) is 10.5. The van der Waals surface area contributed by atoms with Crippen molar-refractivity contribution < 1.29 is 13.9 Å². The number of rotatable bonds is 12. The number of likely N-dealkylation sites (N-methyl/N-ethyl adjacent to an activating group) is 2. The number of para-hydroxylation sites is 1. The van der Waals surface area contributed by atoms with Crippen LogP contribution >= 0.6 is 0 Å². The van der Waals surface area contributed by atoms with Crippen LogP contribution in [0.15, 0.2) is 61.3 Å². The number of nitrogens with zero attached hydrogens (tertiary/aromatic N) is 5. The maximum Gasteiger partial charge on any atom is 0.247 e. The lowest BCUT2D eigenvalue weighted by atomic mass is 9.88. The summed E-state index contributed by atoms with van der Waals surface area (Å²) >= 11 is 0. The monoisotopic (exact) mass is 584 g/mol. The molecule has 1 amide bonds. The van der Waals surface area contributed by atoms with Gasteiger partial charge in [0.15, 0.2) is 0 Å². The highest BCUT2D eigenvalue weighted by Gasteiger charge is 2.21. The predicted octanol–water partition coefficient (Wildman–Crippen LogP) is 5.94. The summed E-state index contributed by atoms with van der Waals surface area (Å²) in [5, 5.41) is 18.5. The fourth-order valence-corrected chi connectivity index (χ4v) is 4.68. The van der Waals surface area contributed by atoms with Gasteiger partial charge in [0.2, 0.25) is 11.9 Å². The molecule has 0 aliphatic heterocycles. The third-order valence-corrected chi connectivity index (χ3v) is 7.16. The summed E-state index contributed by atoms with van der Waals surface area (Å²) < 4.78 is 20.3. The normalized spacial score (nSPS) is 14.3. The molecule has 4 rings (SSSR count). The van der Waals surface area contributed by atoms with Crippen molar-refractivity contribution in [3.05, 3.63) is 72.7 Å². The van der Waals surface area contributed by atoms with Gasteiger partial charge in [0, 0.05) is 38.0 Å². The van der Waals surface area contributed by atoms with E-state index in [2.05, 4.69) is 38.5 Å². The lowest BCUT2D eigenvalue weighted by Crippen LogP contribution is -2.29. The van der Waals surface area contributed by atoms with E-state index >= 15 is 0 Å². The molecule has 0 fully saturated rings. The number of hydrogen-bond acceptors (Lipinski definition) is 9. The summed E-state index contributed by atoms with van der Waals surface area (Å²) in [5.74, 6) is 0.376. The number of nitrogens with one attached hydrogen (secondary N) is 3. The molecule has 0 bridgehead atoms. The number of nitriles is 1. The molecular formula is C32H37FN8O2. The predicted molar refractivity (Wildman–Crippen MR) is 170 cm³/mol. The first-order chi connectivity index (χ1) is 20.7. The highest BCUT2D eigenvalue weighted by Crippen LogP contribution is 2.39. The van der Waals surface area contributed by atoms with Crippen LogP contribution in [0.3, 0.4) is 0 Å². The Morgan fingerprint density at radius 1 is 1.19 bits per heavy atom. The first-order valence-corrected chi connectivity index (χ1v) is 14.0. The lowest BCUT2D eigenvalue weighted by molar-refractivity contribution is -0.111. The molecule has 11 heteroatoms. The van der Waals surface area contributed by atoms with Gasteiger partial charge in [-0.05, 0) is 63.2 Å². The van der Waals surface area contributed by atoms with Crippen LogP contribution in [0, 0.1) is 23.1 Å². The van der Waals surface area contributed by atoms with Gasteiger partial charge in [0.1, 0.15) is 17.4 Å². The second kappa shape index (κ2) is 14.3. The summed E-state index contributed by atoms with van der Waals surface area (Å²) in [6.45, 7) is 5.09. The van der Waals surface area contributed by atoms with Crippen molar-refractivity contribution in [2.75, 3.05) is 62.2 Å². The Kier molecular flexibility index (Phi) is 10.3. The second-order valence-corrected chi connectivity index (χ2v) is 10.5. The number of carbonyl (C=O) groups excluding carboxylic acids is 1. The van der Waals surface area contributed by atoms with Crippen LogP contribution in [0.4, 0.5) is 38.9 Å². The molecule has 3 N–H and O–H groups in total. The minimum Gasteiger partial charge on any atom is -0.494 e. The van der Waals surface area contributed by atoms with Gasteiger partial charge < -0.3 is 30.5 Å². The van der Waals surface area contributed by atoms with Crippen LogP contribution in [0.5, 0.6) is 5.75 Å². The number of halogens is 1. The quantitative estimate of drug-likeness (QED) is 0.222. The number of methoxy groups -OCH3 is 1. The zero-order valence-electron chi connectivity index (χ0n) is 24.9. The Hall–Kier alpha value is -4.95. The minimum atomic E-state index is -0.415. The van der Waals surface area contributed by atoms with Gasteiger partial charge in [0.05, 0.1) is 41.8 Å². The van der Waals surface area contributed by atoms with Crippen molar-refractivity contribution in [3.8, 4) is 11.8 Å². The van der Waals surface area contributed by atoms with Crippen LogP contribution < -0.4 is 25.6 Å². The molecule has 3 aromatic rings. The molecule has 1 heterocycles. The van der Waals surface area contributed by atoms with Crippen LogP contribution in [0.25, 0.3) is 5.57 Å². The van der Waals surface area contributed by atoms with Crippen molar-refractivity contribution in [2.24, 2.45) is 5.92 Å². The van der Waals surface area contributed by atoms with Gasteiger partial charge in [-0.25, -0.2) is 9.37 Å². The molecule has 1 aliphatic rings. The Balaban J connectivity index is 1.73. The third-order valence-electron chi connectivity index (χ3n) is 7.16. The topological polar surface area (TPSA) is 118 Å². The SMILES string of the molecule is C=CC(=O)Nc1cc(Nc2ncc(C3=CCC(C#N)CC3)c(Nc3ccccc3F)n2)c(OC)cc1N(C)CCN(C)C. The van der Waals surface area contributed by atoms with E-state index in [4.69, 9.17) is 9.72 Å². The molecule has 1 atom stereocenters. The number of benzene rings is 2. The number of ether oxygens (including phenoxy) is 1. The molecule has 0 saturated heterocycles. The van der Waals surface area contributed by atoms with E-state index in [1.807, 2.05) is 38.2 Å². The zero-order chi connectivity index (χ0) is 30.9. The summed E-state index contributed by atoms with van der Waals surface area (Å²) in [6.07, 6.45) is 6.97. The molecule has 0 saturated carbocycles. The van der Waals surface area contributed by atoms with Crippen molar-refractivity contribution in [1.29, 1.82) is 5.26 Å². The standard InChI is InChI=1S/C32H37FN8O2/c1-6-30(42)36-26-17-27(29(43-5)18-28(26)41(4)16-15-40(2)3)38-32-35-20-23(22-13-11-21(19-34)12-14-22)31(39-32)37-25-10-8-7-9-24(25)33/h6-10,13,17-18,20-21H,1,11-12,14-16H2,2-5H3,(H,36,42)(H2,35,37,38,39). The number of amides is 1. The maximum atomic E-state index is 14.6. The fraction of sp³-hybridized carbons (Fsp3) is 0.312. The number of carbonyl (C=O) groups is 1. The van der Waals surface area contributed by atoms with Gasteiger partial charge in [-0.2, -0.15) is 10.2 Å². The number of anilines is 6. The van der Waals surface area contributed by atoms with E-state index < -0.39 is 5.82 Å². The van der Waals surface area contributed by atoms with Crippen molar-refractivity contribution >= 4 is 46.0 Å². The van der Waals surface area contributed by atoms with Gasteiger partial charge in [-0.15, -0.1) is 0 Å². The Morgan fingerprint density at radius 2 is 1.98 bits per heavy atom. The Bertz CT molecular complexity index is 1550. The number of hydrogen-bond donors (Lipinski definition) is 3. The largest absolute Gasteiger partial charge is 0.494 e. The molecule has 1 aliphatic carbocycles. The van der Waals surface area contributed by atoms with Crippen molar-refractivity contribution in [3.63, 3.8) is 0 Å². The van der Waals surface area contributed by atoms with E-state index in [1.165, 1.54) is 12.1 Å². The first kappa shape index (κ1) is 31.0. The van der Waals surface area contributed by atoms with Gasteiger partial charge in [-0.3, -0.25) is 4.79 Å². The van der Waals surface area contributed by atoms with Gasteiger partial charge >= 0.3 is 0 Å². The average Bonchev–Trinajstić information content (AvgIpc) is 3.01. The van der Waals surface area contributed by atoms with E-state index in [1.54, 1.807) is 37.6 Å². The van der Waals surface area contributed by atoms with E-state index in [0.29, 0.717) is 42.3 Å². The smallest absolute Gasteiger partial charge is 0.247 e. The van der Waals surface area contributed by atoms with Crippen LogP contribution in [0.2, 0.25) is 0 Å². The van der Waals surface area contributed by atoms with Crippen molar-refractivity contribution in [1.82, 2.24) is 14.9 Å². The van der Waals surface area contributed by atoms with Crippen LogP contribution in [-0.2, 0) is 4.79 Å². The molecule has 1 unspecified atom stereocenters. The maximum absolute atomic E-state index is 14.6. The molecule has 2 aromatic carbocycles. The summed E-state index contributed by atoms with van der Waals surface area (Å²) in [6, 6.07) is 12.3. The minimum absolute atomic E-state index is 0.0262. The van der Waals surface area contributed by atoms with Crippen LogP contribution in [0.1, 0.15) is 24.8 Å². The van der Waals surface area contributed by atoms with Gasteiger partial charge in [-0.1, -0.05) is 24.8 Å². The molecule has 43 heavy (non-hydrogen) atoms. The van der Waals surface area contributed by atoms with Crippen LogP contribution in [-0.4, -0.2) is 62.1 Å². The Labute approximate surface area is 251 Å². The highest BCUT2D eigenvalue weighted by molar-refractivity contribution is 6.02. The summed E-state index contributed by atoms with van der Waals surface area (Å²) in [4.78, 5) is 25.7. The molecule has 0 spiro atoms. The average molecular weight is 585 g/mol. The lowest BCUT2D eigenvalue weighted by Gasteiger charge is -2.26.